The molecule has 0 aliphatic rings. The lowest BCUT2D eigenvalue weighted by Gasteiger charge is -2.06. The molecule has 1 aromatic carbocycles. The molecule has 4 heteroatoms. The molecule has 2 aromatic rings. The summed E-state index contributed by atoms with van der Waals surface area (Å²) < 4.78 is 5.59. The highest BCUT2D eigenvalue weighted by molar-refractivity contribution is 5.36. The minimum absolute atomic E-state index is 0.412. The van der Waals surface area contributed by atoms with Gasteiger partial charge < -0.3 is 10.5 Å². The van der Waals surface area contributed by atoms with Crippen molar-refractivity contribution in [2.75, 3.05) is 5.73 Å². The van der Waals surface area contributed by atoms with Crippen LogP contribution in [0.3, 0.4) is 0 Å². The van der Waals surface area contributed by atoms with Crippen molar-refractivity contribution in [1.82, 2.24) is 9.97 Å². The maximum Gasteiger partial charge on any atom is 0.224 e. The lowest BCUT2D eigenvalue weighted by molar-refractivity contribution is 0.460. The average molecular weight is 215 g/mol. The van der Waals surface area contributed by atoms with Crippen LogP contribution in [0.5, 0.6) is 11.6 Å². The van der Waals surface area contributed by atoms with Crippen LogP contribution in [-0.4, -0.2) is 9.97 Å². The summed E-state index contributed by atoms with van der Waals surface area (Å²) in [5.41, 5.74) is 6.75. The molecule has 0 aliphatic carbocycles. The Kier molecular flexibility index (Phi) is 2.72. The maximum atomic E-state index is 5.61. The van der Waals surface area contributed by atoms with Crippen LogP contribution in [-0.2, 0) is 0 Å². The molecule has 2 N–H and O–H groups in total. The van der Waals surface area contributed by atoms with E-state index in [1.165, 1.54) is 0 Å². The Bertz CT molecular complexity index is 491. The largest absolute Gasteiger partial charge is 0.439 e. The number of anilines is 1. The zero-order chi connectivity index (χ0) is 11.5. The molecule has 0 unspecified atom stereocenters. The van der Waals surface area contributed by atoms with E-state index in [-0.39, 0.29) is 0 Å². The Hall–Kier alpha value is -2.10. The molecule has 0 saturated carbocycles. The highest BCUT2D eigenvalue weighted by Gasteiger charge is 2.02. The van der Waals surface area contributed by atoms with Gasteiger partial charge in [0.05, 0.1) is 0 Å². The molecule has 0 spiro atoms. The van der Waals surface area contributed by atoms with Crippen molar-refractivity contribution in [3.63, 3.8) is 0 Å². The number of hydrogen-bond donors (Lipinski definition) is 1. The van der Waals surface area contributed by atoms with Crippen LogP contribution >= 0.6 is 0 Å². The Balaban J connectivity index is 2.27. The first kappa shape index (κ1) is 10.4. The SMILES string of the molecule is Cc1cccc(Oc2cc(N)nc(C)n2)c1. The third-order valence-corrected chi connectivity index (χ3v) is 2.05. The van der Waals surface area contributed by atoms with Crippen LogP contribution in [0.1, 0.15) is 11.4 Å². The summed E-state index contributed by atoms with van der Waals surface area (Å²) in [6.45, 7) is 3.78. The van der Waals surface area contributed by atoms with E-state index in [9.17, 15) is 0 Å². The maximum absolute atomic E-state index is 5.61. The number of nitrogens with zero attached hydrogens (tertiary/aromatic N) is 2. The Labute approximate surface area is 94.1 Å². The number of nitrogen functional groups attached to an aromatic ring is 1. The molecule has 1 heterocycles. The molecular weight excluding hydrogens is 202 g/mol. The van der Waals surface area contributed by atoms with Gasteiger partial charge in [-0.05, 0) is 31.5 Å². The van der Waals surface area contributed by atoms with Crippen molar-refractivity contribution in [2.45, 2.75) is 13.8 Å². The minimum Gasteiger partial charge on any atom is -0.439 e. The third-order valence-electron chi connectivity index (χ3n) is 2.05. The van der Waals surface area contributed by atoms with E-state index in [1.54, 1.807) is 13.0 Å². The van der Waals surface area contributed by atoms with Gasteiger partial charge in [-0.3, -0.25) is 0 Å². The Morgan fingerprint density at radius 1 is 1.12 bits per heavy atom. The first-order valence-corrected chi connectivity index (χ1v) is 4.99. The molecule has 0 atom stereocenters. The van der Waals surface area contributed by atoms with Crippen molar-refractivity contribution in [3.8, 4) is 11.6 Å². The van der Waals surface area contributed by atoms with Gasteiger partial charge in [-0.2, -0.15) is 4.98 Å². The standard InChI is InChI=1S/C12H13N3O/c1-8-4-3-5-10(6-8)16-12-7-11(13)14-9(2)15-12/h3-7H,1-2H3,(H2,13,14,15). The third kappa shape index (κ3) is 2.48. The number of nitrogens with two attached hydrogens (primary N) is 1. The monoisotopic (exact) mass is 215 g/mol. The second kappa shape index (κ2) is 4.18. The summed E-state index contributed by atoms with van der Waals surface area (Å²) in [6.07, 6.45) is 0. The van der Waals surface area contributed by atoms with E-state index >= 15 is 0 Å². The average Bonchev–Trinajstić information content (AvgIpc) is 2.15. The van der Waals surface area contributed by atoms with Gasteiger partial charge in [0, 0.05) is 6.07 Å². The minimum atomic E-state index is 0.412. The fourth-order valence-corrected chi connectivity index (χ4v) is 1.41. The number of benzene rings is 1. The molecule has 0 fully saturated rings. The van der Waals surface area contributed by atoms with Gasteiger partial charge in [0.1, 0.15) is 17.4 Å². The van der Waals surface area contributed by atoms with E-state index in [0.717, 1.165) is 11.3 Å². The number of hydrogen-bond acceptors (Lipinski definition) is 4. The van der Waals surface area contributed by atoms with E-state index in [4.69, 9.17) is 10.5 Å². The summed E-state index contributed by atoms with van der Waals surface area (Å²) >= 11 is 0. The van der Waals surface area contributed by atoms with Crippen molar-refractivity contribution in [2.24, 2.45) is 0 Å². The van der Waals surface area contributed by atoms with Crippen LogP contribution in [0, 0.1) is 13.8 Å². The van der Waals surface area contributed by atoms with Crippen LogP contribution in [0.25, 0.3) is 0 Å². The lowest BCUT2D eigenvalue weighted by Crippen LogP contribution is -1.97. The van der Waals surface area contributed by atoms with E-state index in [0.29, 0.717) is 17.5 Å². The van der Waals surface area contributed by atoms with Crippen molar-refractivity contribution in [3.05, 3.63) is 41.7 Å². The lowest BCUT2D eigenvalue weighted by atomic mass is 10.2. The molecule has 0 saturated heterocycles. The van der Waals surface area contributed by atoms with Crippen LogP contribution < -0.4 is 10.5 Å². The Morgan fingerprint density at radius 3 is 2.62 bits per heavy atom. The Morgan fingerprint density at radius 2 is 1.94 bits per heavy atom. The molecule has 4 nitrogen and oxygen atoms in total. The van der Waals surface area contributed by atoms with Gasteiger partial charge in [-0.1, -0.05) is 12.1 Å². The normalized spacial score (nSPS) is 10.1. The molecule has 0 bridgehead atoms. The summed E-state index contributed by atoms with van der Waals surface area (Å²) in [5, 5.41) is 0. The van der Waals surface area contributed by atoms with Gasteiger partial charge >= 0.3 is 0 Å². The first-order chi connectivity index (χ1) is 7.63. The predicted molar refractivity (Wildman–Crippen MR) is 62.4 cm³/mol. The number of aromatic nitrogens is 2. The van der Waals surface area contributed by atoms with Crippen LogP contribution in [0.4, 0.5) is 5.82 Å². The smallest absolute Gasteiger partial charge is 0.224 e. The van der Waals surface area contributed by atoms with Gasteiger partial charge in [0.15, 0.2) is 0 Å². The van der Waals surface area contributed by atoms with Crippen LogP contribution in [0.2, 0.25) is 0 Å². The molecule has 0 aliphatic heterocycles. The second-order valence-electron chi connectivity index (χ2n) is 3.60. The number of rotatable bonds is 2. The fraction of sp³-hybridized carbons (Fsp3) is 0.167. The van der Waals surface area contributed by atoms with E-state index in [2.05, 4.69) is 9.97 Å². The molecule has 0 radical (unpaired) electrons. The van der Waals surface area contributed by atoms with E-state index in [1.807, 2.05) is 31.2 Å². The van der Waals surface area contributed by atoms with Gasteiger partial charge in [-0.25, -0.2) is 4.98 Å². The quantitative estimate of drug-likeness (QED) is 0.835. The van der Waals surface area contributed by atoms with E-state index < -0.39 is 0 Å². The van der Waals surface area contributed by atoms with Gasteiger partial charge in [0.2, 0.25) is 5.88 Å². The molecule has 2 rings (SSSR count). The van der Waals surface area contributed by atoms with Crippen molar-refractivity contribution >= 4 is 5.82 Å². The topological polar surface area (TPSA) is 61.0 Å². The molecule has 82 valence electrons. The zero-order valence-corrected chi connectivity index (χ0v) is 9.27. The van der Waals surface area contributed by atoms with Gasteiger partial charge in [0.25, 0.3) is 0 Å². The summed E-state index contributed by atoms with van der Waals surface area (Å²) in [7, 11) is 0. The zero-order valence-electron chi connectivity index (χ0n) is 9.27. The molecule has 0 amide bonds. The first-order valence-electron chi connectivity index (χ1n) is 4.99. The fourth-order valence-electron chi connectivity index (χ4n) is 1.41. The van der Waals surface area contributed by atoms with Crippen LogP contribution in [0.15, 0.2) is 30.3 Å². The molecular formula is C12H13N3O. The van der Waals surface area contributed by atoms with Crippen molar-refractivity contribution < 1.29 is 4.74 Å². The molecule has 16 heavy (non-hydrogen) atoms. The highest BCUT2D eigenvalue weighted by Crippen LogP contribution is 2.21. The number of aryl methyl sites for hydroxylation is 2. The van der Waals surface area contributed by atoms with Gasteiger partial charge in [-0.15, -0.1) is 0 Å². The highest BCUT2D eigenvalue weighted by atomic mass is 16.5. The second-order valence-corrected chi connectivity index (χ2v) is 3.60. The predicted octanol–water partition coefficient (Wildman–Crippen LogP) is 2.47. The summed E-state index contributed by atoms with van der Waals surface area (Å²) in [5.74, 6) is 2.23. The number of ether oxygens (including phenoxy) is 1. The molecule has 1 aromatic heterocycles. The summed E-state index contributed by atoms with van der Waals surface area (Å²) in [6, 6.07) is 9.36. The van der Waals surface area contributed by atoms with Crippen molar-refractivity contribution in [1.29, 1.82) is 0 Å². The summed E-state index contributed by atoms with van der Waals surface area (Å²) in [4.78, 5) is 8.13.